The standard InChI is InChI=1S/C20H30N2O.2ClH/c1-21-13-15-22(16-14-21)12-4-7-20(23)19-10-8-18(9-11-19)17-5-2-3-6-17;;/h8-11,17H,2-7,12-16H2,1H3;2*1H. The van der Waals surface area contributed by atoms with Crippen LogP contribution in [0.2, 0.25) is 0 Å². The smallest absolute Gasteiger partial charge is 0.162 e. The molecule has 5 heteroatoms. The van der Waals surface area contributed by atoms with Gasteiger partial charge in [-0.05, 0) is 44.3 Å². The first-order chi connectivity index (χ1) is 11.2. The van der Waals surface area contributed by atoms with Crippen molar-refractivity contribution in [3.8, 4) is 0 Å². The van der Waals surface area contributed by atoms with Crippen LogP contribution >= 0.6 is 24.8 Å². The third-order valence-electron chi connectivity index (χ3n) is 5.53. The van der Waals surface area contributed by atoms with Crippen molar-refractivity contribution in [1.29, 1.82) is 0 Å². The van der Waals surface area contributed by atoms with Crippen LogP contribution in [0, 0.1) is 0 Å². The Morgan fingerprint density at radius 3 is 2.20 bits per heavy atom. The first-order valence-electron chi connectivity index (χ1n) is 9.26. The molecule has 0 radical (unpaired) electrons. The van der Waals surface area contributed by atoms with Gasteiger partial charge in [-0.25, -0.2) is 0 Å². The highest BCUT2D eigenvalue weighted by Gasteiger charge is 2.17. The molecule has 1 aromatic rings. The largest absolute Gasteiger partial charge is 0.304 e. The van der Waals surface area contributed by atoms with E-state index in [0.29, 0.717) is 12.2 Å². The summed E-state index contributed by atoms with van der Waals surface area (Å²) in [6.07, 6.45) is 7.01. The summed E-state index contributed by atoms with van der Waals surface area (Å²) >= 11 is 0. The average molecular weight is 387 g/mol. The Hall–Kier alpha value is -0.610. The lowest BCUT2D eigenvalue weighted by Crippen LogP contribution is -2.44. The van der Waals surface area contributed by atoms with E-state index in [4.69, 9.17) is 0 Å². The van der Waals surface area contributed by atoms with Gasteiger partial charge in [-0.2, -0.15) is 0 Å². The zero-order valence-corrected chi connectivity index (χ0v) is 16.9. The first kappa shape index (κ1) is 22.4. The van der Waals surface area contributed by atoms with E-state index in [1.165, 1.54) is 31.2 Å². The van der Waals surface area contributed by atoms with Gasteiger partial charge in [0, 0.05) is 38.2 Å². The van der Waals surface area contributed by atoms with E-state index in [2.05, 4.69) is 29.0 Å². The van der Waals surface area contributed by atoms with Gasteiger partial charge in [-0.1, -0.05) is 37.1 Å². The normalized spacial score (nSPS) is 19.2. The lowest BCUT2D eigenvalue weighted by molar-refractivity contribution is 0.0967. The minimum absolute atomic E-state index is 0. The van der Waals surface area contributed by atoms with E-state index in [1.807, 2.05) is 12.1 Å². The highest BCUT2D eigenvalue weighted by Crippen LogP contribution is 2.34. The molecule has 1 aromatic carbocycles. The molecule has 1 aliphatic carbocycles. The summed E-state index contributed by atoms with van der Waals surface area (Å²) in [5.74, 6) is 1.04. The molecule has 1 saturated heterocycles. The Kier molecular flexibility index (Phi) is 10.0. The number of ketones is 1. The lowest BCUT2D eigenvalue weighted by Gasteiger charge is -2.32. The minimum atomic E-state index is 0. The molecule has 0 N–H and O–H groups in total. The van der Waals surface area contributed by atoms with Crippen LogP contribution in [0.15, 0.2) is 24.3 Å². The van der Waals surface area contributed by atoms with Crippen LogP contribution in [-0.4, -0.2) is 55.4 Å². The Balaban J connectivity index is 0.00000156. The summed E-state index contributed by atoms with van der Waals surface area (Å²) in [7, 11) is 2.18. The van der Waals surface area contributed by atoms with Crippen molar-refractivity contribution in [1.82, 2.24) is 9.80 Å². The van der Waals surface area contributed by atoms with Gasteiger partial charge in [-0.15, -0.1) is 24.8 Å². The highest BCUT2D eigenvalue weighted by atomic mass is 35.5. The summed E-state index contributed by atoms with van der Waals surface area (Å²) in [5.41, 5.74) is 2.32. The Labute approximate surface area is 165 Å². The Morgan fingerprint density at radius 2 is 1.60 bits per heavy atom. The van der Waals surface area contributed by atoms with Crippen LogP contribution in [0.4, 0.5) is 0 Å². The van der Waals surface area contributed by atoms with Crippen molar-refractivity contribution in [2.75, 3.05) is 39.8 Å². The minimum Gasteiger partial charge on any atom is -0.304 e. The summed E-state index contributed by atoms with van der Waals surface area (Å²) in [5, 5.41) is 0. The topological polar surface area (TPSA) is 23.6 Å². The van der Waals surface area contributed by atoms with Crippen LogP contribution in [0.5, 0.6) is 0 Å². The molecule has 2 fully saturated rings. The molecule has 142 valence electrons. The maximum Gasteiger partial charge on any atom is 0.162 e. The molecular weight excluding hydrogens is 355 g/mol. The second-order valence-corrected chi connectivity index (χ2v) is 7.28. The van der Waals surface area contributed by atoms with Gasteiger partial charge >= 0.3 is 0 Å². The number of halogens is 2. The van der Waals surface area contributed by atoms with Crippen LogP contribution in [0.1, 0.15) is 60.4 Å². The quantitative estimate of drug-likeness (QED) is 0.676. The Bertz CT molecular complexity index is 507. The molecule has 0 amide bonds. The molecule has 1 heterocycles. The number of hydrogen-bond donors (Lipinski definition) is 0. The van der Waals surface area contributed by atoms with Gasteiger partial charge in [-0.3, -0.25) is 4.79 Å². The molecule has 3 rings (SSSR count). The number of carbonyl (C=O) groups is 1. The van der Waals surface area contributed by atoms with Crippen LogP contribution in [-0.2, 0) is 0 Å². The van der Waals surface area contributed by atoms with Gasteiger partial charge in [0.15, 0.2) is 5.78 Å². The molecule has 25 heavy (non-hydrogen) atoms. The molecule has 3 nitrogen and oxygen atoms in total. The van der Waals surface area contributed by atoms with Crippen LogP contribution < -0.4 is 0 Å². The monoisotopic (exact) mass is 386 g/mol. The second-order valence-electron chi connectivity index (χ2n) is 7.28. The van der Waals surface area contributed by atoms with Crippen molar-refractivity contribution in [2.45, 2.75) is 44.4 Å². The third kappa shape index (κ3) is 6.56. The van der Waals surface area contributed by atoms with Crippen molar-refractivity contribution in [3.05, 3.63) is 35.4 Å². The SMILES string of the molecule is CN1CCN(CCCC(=O)c2ccc(C3CCCC3)cc2)CC1.Cl.Cl. The van der Waals surface area contributed by atoms with Crippen molar-refractivity contribution >= 4 is 30.6 Å². The summed E-state index contributed by atoms with van der Waals surface area (Å²) < 4.78 is 0. The van der Waals surface area contributed by atoms with E-state index in [1.54, 1.807) is 0 Å². The first-order valence-corrected chi connectivity index (χ1v) is 9.26. The van der Waals surface area contributed by atoms with Crippen LogP contribution in [0.3, 0.4) is 0 Å². The summed E-state index contributed by atoms with van der Waals surface area (Å²) in [6, 6.07) is 8.46. The number of carbonyl (C=O) groups excluding carboxylic acids is 1. The molecule has 1 saturated carbocycles. The number of Topliss-reactive ketones (excluding diaryl/α,β-unsaturated/α-hetero) is 1. The zero-order valence-electron chi connectivity index (χ0n) is 15.3. The molecule has 0 aromatic heterocycles. The predicted molar refractivity (Wildman–Crippen MR) is 110 cm³/mol. The van der Waals surface area contributed by atoms with E-state index in [-0.39, 0.29) is 24.8 Å². The second kappa shape index (κ2) is 11.2. The number of likely N-dealkylation sites (N-methyl/N-ethyl adjacent to an activating group) is 1. The average Bonchev–Trinajstić information content (AvgIpc) is 3.11. The van der Waals surface area contributed by atoms with Gasteiger partial charge in [0.05, 0.1) is 0 Å². The lowest BCUT2D eigenvalue weighted by atomic mass is 9.95. The molecular formula is C20H32Cl2N2O. The van der Waals surface area contributed by atoms with E-state index in [9.17, 15) is 4.79 Å². The molecule has 2 aliphatic rings. The van der Waals surface area contributed by atoms with Crippen LogP contribution in [0.25, 0.3) is 0 Å². The number of hydrogen-bond acceptors (Lipinski definition) is 3. The van der Waals surface area contributed by atoms with Gasteiger partial charge in [0.2, 0.25) is 0 Å². The fraction of sp³-hybridized carbons (Fsp3) is 0.650. The van der Waals surface area contributed by atoms with Gasteiger partial charge in [0.25, 0.3) is 0 Å². The van der Waals surface area contributed by atoms with E-state index >= 15 is 0 Å². The molecule has 0 spiro atoms. The number of nitrogens with zero attached hydrogens (tertiary/aromatic N) is 2. The summed E-state index contributed by atoms with van der Waals surface area (Å²) in [6.45, 7) is 5.63. The van der Waals surface area contributed by atoms with Crippen molar-refractivity contribution in [2.24, 2.45) is 0 Å². The highest BCUT2D eigenvalue weighted by molar-refractivity contribution is 5.96. The predicted octanol–water partition coefficient (Wildman–Crippen LogP) is 4.40. The molecule has 0 bridgehead atoms. The van der Waals surface area contributed by atoms with Crippen molar-refractivity contribution in [3.63, 3.8) is 0 Å². The van der Waals surface area contributed by atoms with Gasteiger partial charge < -0.3 is 9.80 Å². The summed E-state index contributed by atoms with van der Waals surface area (Å²) in [4.78, 5) is 17.2. The number of rotatable bonds is 6. The van der Waals surface area contributed by atoms with E-state index < -0.39 is 0 Å². The molecule has 0 atom stereocenters. The van der Waals surface area contributed by atoms with Gasteiger partial charge in [0.1, 0.15) is 0 Å². The van der Waals surface area contributed by atoms with E-state index in [0.717, 1.165) is 50.6 Å². The fourth-order valence-electron chi connectivity index (χ4n) is 3.88. The zero-order chi connectivity index (χ0) is 16.1. The van der Waals surface area contributed by atoms with Crippen molar-refractivity contribution < 1.29 is 4.79 Å². The third-order valence-corrected chi connectivity index (χ3v) is 5.53. The molecule has 1 aliphatic heterocycles. The number of piperazine rings is 1. The number of benzene rings is 1. The maximum atomic E-state index is 12.3. The molecule has 0 unspecified atom stereocenters. The maximum absolute atomic E-state index is 12.3. The fourth-order valence-corrected chi connectivity index (χ4v) is 3.88. The Morgan fingerprint density at radius 1 is 1.00 bits per heavy atom.